The second-order valence-corrected chi connectivity index (χ2v) is 4.22. The summed E-state index contributed by atoms with van der Waals surface area (Å²) in [6.07, 6.45) is 1.52. The Labute approximate surface area is 78.2 Å². The highest BCUT2D eigenvalue weighted by Crippen LogP contribution is 2.16. The molecule has 0 amide bonds. The molecule has 1 rings (SSSR count). The van der Waals surface area contributed by atoms with Gasteiger partial charge in [-0.05, 0) is 18.1 Å². The topological polar surface area (TPSA) is 54.4 Å². The summed E-state index contributed by atoms with van der Waals surface area (Å²) in [6.45, 7) is 1.96. The maximum atomic E-state index is 10.9. The average molecular weight is 200 g/mol. The molecule has 0 bridgehead atoms. The number of benzene rings is 1. The van der Waals surface area contributed by atoms with Crippen LogP contribution in [0.3, 0.4) is 0 Å². The van der Waals surface area contributed by atoms with E-state index in [1.165, 1.54) is 6.07 Å². The third-order valence-corrected chi connectivity index (χ3v) is 2.72. The Hall–Kier alpha value is -0.870. The van der Waals surface area contributed by atoms with Gasteiger partial charge in [0, 0.05) is 0 Å². The van der Waals surface area contributed by atoms with Crippen LogP contribution in [0.5, 0.6) is 0 Å². The minimum absolute atomic E-state index is 0.0249. The Kier molecular flexibility index (Phi) is 3.06. The van der Waals surface area contributed by atoms with E-state index in [0.29, 0.717) is 12.0 Å². The molecule has 0 spiro atoms. The Morgan fingerprint density at radius 3 is 2.46 bits per heavy atom. The van der Waals surface area contributed by atoms with Gasteiger partial charge in [0.25, 0.3) is 10.1 Å². The highest BCUT2D eigenvalue weighted by atomic mass is 32.2. The van der Waals surface area contributed by atoms with Crippen molar-refractivity contribution < 1.29 is 13.0 Å². The first kappa shape index (κ1) is 10.2. The van der Waals surface area contributed by atoms with Crippen LogP contribution in [0.4, 0.5) is 0 Å². The molecule has 1 aromatic rings. The molecule has 1 aromatic carbocycles. The van der Waals surface area contributed by atoms with E-state index < -0.39 is 10.1 Å². The van der Waals surface area contributed by atoms with E-state index in [2.05, 4.69) is 0 Å². The molecule has 3 nitrogen and oxygen atoms in total. The van der Waals surface area contributed by atoms with E-state index in [0.717, 1.165) is 6.42 Å². The number of aryl methyl sites for hydroxylation is 1. The van der Waals surface area contributed by atoms with Crippen molar-refractivity contribution in [3.63, 3.8) is 0 Å². The number of hydrogen-bond donors (Lipinski definition) is 1. The van der Waals surface area contributed by atoms with Crippen molar-refractivity contribution in [1.82, 2.24) is 0 Å². The highest BCUT2D eigenvalue weighted by molar-refractivity contribution is 7.85. The lowest BCUT2D eigenvalue weighted by molar-refractivity contribution is 0.482. The highest BCUT2D eigenvalue weighted by Gasteiger charge is 2.13. The van der Waals surface area contributed by atoms with Crippen LogP contribution in [0, 0.1) is 0 Å². The van der Waals surface area contributed by atoms with Crippen molar-refractivity contribution in [2.24, 2.45) is 0 Å². The van der Waals surface area contributed by atoms with Gasteiger partial charge in [-0.1, -0.05) is 31.5 Å². The maximum absolute atomic E-state index is 10.9. The minimum atomic E-state index is -4.06. The fourth-order valence-electron chi connectivity index (χ4n) is 1.23. The molecular formula is C9H12O3S. The van der Waals surface area contributed by atoms with Crippen LogP contribution in [-0.4, -0.2) is 13.0 Å². The summed E-state index contributed by atoms with van der Waals surface area (Å²) in [5.74, 6) is 0. The average Bonchev–Trinajstić information content (AvgIpc) is 2.04. The molecule has 0 aliphatic heterocycles. The zero-order valence-electron chi connectivity index (χ0n) is 7.40. The molecule has 0 radical (unpaired) electrons. The SMILES string of the molecule is CCCc1ccccc1S(=O)(=O)O. The van der Waals surface area contributed by atoms with E-state index in [4.69, 9.17) is 4.55 Å². The summed E-state index contributed by atoms with van der Waals surface area (Å²) in [4.78, 5) is 0.0249. The van der Waals surface area contributed by atoms with Crippen LogP contribution in [0.2, 0.25) is 0 Å². The van der Waals surface area contributed by atoms with Gasteiger partial charge in [-0.2, -0.15) is 8.42 Å². The van der Waals surface area contributed by atoms with Crippen LogP contribution in [0.25, 0.3) is 0 Å². The smallest absolute Gasteiger partial charge is 0.282 e. The Bertz CT molecular complexity index is 382. The lowest BCUT2D eigenvalue weighted by Crippen LogP contribution is -2.02. The molecule has 72 valence electrons. The van der Waals surface area contributed by atoms with Crippen molar-refractivity contribution in [3.8, 4) is 0 Å². The van der Waals surface area contributed by atoms with Crippen LogP contribution in [-0.2, 0) is 16.5 Å². The van der Waals surface area contributed by atoms with E-state index in [9.17, 15) is 8.42 Å². The fraction of sp³-hybridized carbons (Fsp3) is 0.333. The standard InChI is InChI=1S/C9H12O3S/c1-2-5-8-6-3-4-7-9(8)13(10,11)12/h3-4,6-7H,2,5H2,1H3,(H,10,11,12). The molecule has 0 saturated carbocycles. The van der Waals surface area contributed by atoms with Gasteiger partial charge in [0.1, 0.15) is 0 Å². The van der Waals surface area contributed by atoms with Crippen molar-refractivity contribution in [1.29, 1.82) is 0 Å². The minimum Gasteiger partial charge on any atom is -0.282 e. The largest absolute Gasteiger partial charge is 0.294 e. The first-order valence-corrected chi connectivity index (χ1v) is 5.55. The molecule has 0 aliphatic rings. The first-order chi connectivity index (χ1) is 6.05. The molecule has 0 aliphatic carbocycles. The Morgan fingerprint density at radius 1 is 1.31 bits per heavy atom. The Balaban J connectivity index is 3.20. The van der Waals surface area contributed by atoms with Crippen LogP contribution >= 0.6 is 0 Å². The van der Waals surface area contributed by atoms with Gasteiger partial charge >= 0.3 is 0 Å². The second kappa shape index (κ2) is 3.89. The summed E-state index contributed by atoms with van der Waals surface area (Å²) in [6, 6.07) is 6.49. The molecule has 0 saturated heterocycles. The van der Waals surface area contributed by atoms with Crippen LogP contribution < -0.4 is 0 Å². The van der Waals surface area contributed by atoms with Gasteiger partial charge in [-0.25, -0.2) is 0 Å². The zero-order valence-corrected chi connectivity index (χ0v) is 8.21. The van der Waals surface area contributed by atoms with Crippen molar-refractivity contribution in [2.45, 2.75) is 24.7 Å². The van der Waals surface area contributed by atoms with Crippen LogP contribution in [0.15, 0.2) is 29.2 Å². The first-order valence-electron chi connectivity index (χ1n) is 4.11. The van der Waals surface area contributed by atoms with Crippen LogP contribution in [0.1, 0.15) is 18.9 Å². The van der Waals surface area contributed by atoms with Gasteiger partial charge in [-0.3, -0.25) is 4.55 Å². The van der Waals surface area contributed by atoms with Gasteiger partial charge in [0.05, 0.1) is 4.90 Å². The molecular weight excluding hydrogens is 188 g/mol. The summed E-state index contributed by atoms with van der Waals surface area (Å²) >= 11 is 0. The summed E-state index contributed by atoms with van der Waals surface area (Å²) in [7, 11) is -4.06. The zero-order chi connectivity index (χ0) is 9.90. The fourth-order valence-corrected chi connectivity index (χ4v) is 1.98. The summed E-state index contributed by atoms with van der Waals surface area (Å²) in [5, 5.41) is 0. The van der Waals surface area contributed by atoms with E-state index in [1.807, 2.05) is 6.92 Å². The lowest BCUT2D eigenvalue weighted by atomic mass is 10.1. The molecule has 0 fully saturated rings. The number of rotatable bonds is 3. The summed E-state index contributed by atoms with van der Waals surface area (Å²) in [5.41, 5.74) is 0.674. The van der Waals surface area contributed by atoms with E-state index in [1.54, 1.807) is 18.2 Å². The monoisotopic (exact) mass is 200 g/mol. The van der Waals surface area contributed by atoms with Gasteiger partial charge < -0.3 is 0 Å². The molecule has 0 heterocycles. The molecule has 13 heavy (non-hydrogen) atoms. The molecule has 0 atom stereocenters. The molecule has 1 N–H and O–H groups in total. The van der Waals surface area contributed by atoms with Gasteiger partial charge in [0.2, 0.25) is 0 Å². The summed E-state index contributed by atoms with van der Waals surface area (Å²) < 4.78 is 30.6. The lowest BCUT2D eigenvalue weighted by Gasteiger charge is -2.04. The van der Waals surface area contributed by atoms with Crippen molar-refractivity contribution in [3.05, 3.63) is 29.8 Å². The van der Waals surface area contributed by atoms with Gasteiger partial charge in [-0.15, -0.1) is 0 Å². The predicted octanol–water partition coefficient (Wildman–Crippen LogP) is 1.89. The van der Waals surface area contributed by atoms with Gasteiger partial charge in [0.15, 0.2) is 0 Å². The number of hydrogen-bond acceptors (Lipinski definition) is 2. The molecule has 0 aromatic heterocycles. The van der Waals surface area contributed by atoms with E-state index >= 15 is 0 Å². The predicted molar refractivity (Wildman–Crippen MR) is 50.3 cm³/mol. The Morgan fingerprint density at radius 2 is 1.92 bits per heavy atom. The van der Waals surface area contributed by atoms with Crippen molar-refractivity contribution in [2.75, 3.05) is 0 Å². The third kappa shape index (κ3) is 2.54. The maximum Gasteiger partial charge on any atom is 0.294 e. The normalized spacial score (nSPS) is 11.5. The van der Waals surface area contributed by atoms with Crippen molar-refractivity contribution >= 4 is 10.1 Å². The quantitative estimate of drug-likeness (QED) is 0.758. The molecule has 0 unspecified atom stereocenters. The molecule has 4 heteroatoms. The third-order valence-electron chi connectivity index (χ3n) is 1.77. The van der Waals surface area contributed by atoms with E-state index in [-0.39, 0.29) is 4.90 Å². The second-order valence-electron chi connectivity index (χ2n) is 2.83.